The number of para-hydroxylation sites is 2. The van der Waals surface area contributed by atoms with Gasteiger partial charge < -0.3 is 18.9 Å². The van der Waals surface area contributed by atoms with Crippen LogP contribution in [-0.2, 0) is 11.8 Å². The van der Waals surface area contributed by atoms with Gasteiger partial charge in [-0.2, -0.15) is 13.2 Å². The Balaban J connectivity index is 1.40. The summed E-state index contributed by atoms with van der Waals surface area (Å²) in [5, 5.41) is 0. The van der Waals surface area contributed by atoms with Gasteiger partial charge in [0.15, 0.2) is 5.60 Å². The van der Waals surface area contributed by atoms with Gasteiger partial charge in [-0.15, -0.1) is 0 Å². The van der Waals surface area contributed by atoms with Gasteiger partial charge in [0.05, 0.1) is 23.7 Å². The van der Waals surface area contributed by atoms with Crippen LogP contribution in [0.4, 0.5) is 13.2 Å². The van der Waals surface area contributed by atoms with E-state index in [1.807, 2.05) is 13.8 Å². The second kappa shape index (κ2) is 8.07. The van der Waals surface area contributed by atoms with Gasteiger partial charge in [0.1, 0.15) is 22.9 Å². The lowest BCUT2D eigenvalue weighted by Crippen LogP contribution is -2.50. The molecule has 0 saturated carbocycles. The standard InChI is InChI=1S/C25H24F3N3O3/c1-16(2)33-17-7-8-18(29-15-17)23(32)30-13-11-24(12-14-30)21-9-10-22(25(26,27)28)31(21)19-5-3-4-6-20(19)34-24/h3-10,15-16H,11-14H2,1-2H3. The number of alkyl halides is 3. The monoisotopic (exact) mass is 471 g/mol. The molecule has 2 aliphatic heterocycles. The molecule has 2 aromatic heterocycles. The summed E-state index contributed by atoms with van der Waals surface area (Å²) in [6, 6.07) is 12.7. The van der Waals surface area contributed by atoms with Crippen LogP contribution in [0.5, 0.6) is 11.5 Å². The second-order valence-corrected chi connectivity index (χ2v) is 8.84. The summed E-state index contributed by atoms with van der Waals surface area (Å²) in [7, 11) is 0. The molecule has 178 valence electrons. The Labute approximate surface area is 194 Å². The van der Waals surface area contributed by atoms with E-state index in [1.165, 1.54) is 16.8 Å². The van der Waals surface area contributed by atoms with Crippen molar-refractivity contribution < 1.29 is 27.4 Å². The van der Waals surface area contributed by atoms with Gasteiger partial charge in [-0.3, -0.25) is 4.79 Å². The van der Waals surface area contributed by atoms with Crippen LogP contribution in [0.1, 0.15) is 48.6 Å². The highest BCUT2D eigenvalue weighted by molar-refractivity contribution is 5.92. The number of amides is 1. The number of aromatic nitrogens is 2. The normalized spacial score (nSPS) is 16.7. The predicted octanol–water partition coefficient (Wildman–Crippen LogP) is 5.20. The van der Waals surface area contributed by atoms with E-state index in [-0.39, 0.29) is 12.0 Å². The van der Waals surface area contributed by atoms with Crippen molar-refractivity contribution in [3.63, 3.8) is 0 Å². The topological polar surface area (TPSA) is 56.6 Å². The van der Waals surface area contributed by atoms with Crippen LogP contribution >= 0.6 is 0 Å². The minimum absolute atomic E-state index is 0.000862. The smallest absolute Gasteiger partial charge is 0.431 e. The van der Waals surface area contributed by atoms with Gasteiger partial charge in [-0.1, -0.05) is 12.1 Å². The first-order chi connectivity index (χ1) is 16.2. The van der Waals surface area contributed by atoms with Crippen molar-refractivity contribution in [3.8, 4) is 17.2 Å². The molecular weight excluding hydrogens is 447 g/mol. The summed E-state index contributed by atoms with van der Waals surface area (Å²) in [4.78, 5) is 18.9. The number of carbonyl (C=O) groups excluding carboxylic acids is 1. The quantitative estimate of drug-likeness (QED) is 0.527. The molecule has 1 fully saturated rings. The third kappa shape index (κ3) is 3.78. The second-order valence-electron chi connectivity index (χ2n) is 8.84. The van der Waals surface area contributed by atoms with Gasteiger partial charge in [0.2, 0.25) is 0 Å². The maximum absolute atomic E-state index is 13.8. The van der Waals surface area contributed by atoms with Gasteiger partial charge in [0.25, 0.3) is 5.91 Å². The number of rotatable bonds is 3. The van der Waals surface area contributed by atoms with Crippen molar-refractivity contribution in [3.05, 3.63) is 71.8 Å². The summed E-state index contributed by atoms with van der Waals surface area (Å²) in [6.45, 7) is 4.48. The molecule has 3 aromatic rings. The summed E-state index contributed by atoms with van der Waals surface area (Å²) < 4.78 is 54.5. The Morgan fingerprint density at radius 3 is 2.47 bits per heavy atom. The Kier molecular flexibility index (Phi) is 5.30. The first-order valence-electron chi connectivity index (χ1n) is 11.2. The molecule has 1 amide bonds. The molecule has 34 heavy (non-hydrogen) atoms. The zero-order valence-corrected chi connectivity index (χ0v) is 18.8. The number of hydrogen-bond acceptors (Lipinski definition) is 4. The maximum atomic E-state index is 13.8. The summed E-state index contributed by atoms with van der Waals surface area (Å²) in [5.41, 5.74) is -0.559. The number of likely N-dealkylation sites (tertiary alicyclic amines) is 1. The van der Waals surface area contributed by atoms with Gasteiger partial charge >= 0.3 is 6.18 Å². The number of piperidine rings is 1. The van der Waals surface area contributed by atoms with E-state index in [1.54, 1.807) is 41.3 Å². The van der Waals surface area contributed by atoms with E-state index in [9.17, 15) is 18.0 Å². The number of fused-ring (bicyclic) bond motifs is 4. The molecule has 0 bridgehead atoms. The average molecular weight is 471 g/mol. The Morgan fingerprint density at radius 2 is 1.82 bits per heavy atom. The SMILES string of the molecule is CC(C)Oc1ccc(C(=O)N2CCC3(CC2)Oc2ccccc2-n2c(C(F)(F)F)ccc23)nc1. The van der Waals surface area contributed by atoms with Crippen LogP contribution in [0, 0.1) is 0 Å². The summed E-state index contributed by atoms with van der Waals surface area (Å²) in [6.07, 6.45) is -2.26. The van der Waals surface area contributed by atoms with Crippen molar-refractivity contribution in [2.24, 2.45) is 0 Å². The molecule has 0 unspecified atom stereocenters. The minimum Gasteiger partial charge on any atom is -0.489 e. The predicted molar refractivity (Wildman–Crippen MR) is 118 cm³/mol. The first-order valence-corrected chi connectivity index (χ1v) is 11.2. The van der Waals surface area contributed by atoms with E-state index in [0.717, 1.165) is 6.07 Å². The molecule has 0 radical (unpaired) electrons. The van der Waals surface area contributed by atoms with Crippen molar-refractivity contribution >= 4 is 5.91 Å². The molecule has 0 N–H and O–H groups in total. The van der Waals surface area contributed by atoms with Crippen LogP contribution in [0.15, 0.2) is 54.7 Å². The number of carbonyl (C=O) groups is 1. The molecule has 4 heterocycles. The lowest BCUT2D eigenvalue weighted by Gasteiger charge is -2.45. The number of halogens is 3. The number of nitrogens with zero attached hydrogens (tertiary/aromatic N) is 3. The first kappa shape index (κ1) is 22.3. The highest BCUT2D eigenvalue weighted by Gasteiger charge is 2.48. The molecule has 1 saturated heterocycles. The molecular formula is C25H24F3N3O3. The van der Waals surface area contributed by atoms with Crippen molar-refractivity contribution in [2.75, 3.05) is 13.1 Å². The van der Waals surface area contributed by atoms with Crippen LogP contribution in [0.3, 0.4) is 0 Å². The van der Waals surface area contributed by atoms with Crippen molar-refractivity contribution in [2.45, 2.75) is 44.6 Å². The highest BCUT2D eigenvalue weighted by atomic mass is 19.4. The third-order valence-electron chi connectivity index (χ3n) is 6.24. The lowest BCUT2D eigenvalue weighted by molar-refractivity contribution is -0.143. The molecule has 0 atom stereocenters. The van der Waals surface area contributed by atoms with Crippen molar-refractivity contribution in [1.29, 1.82) is 0 Å². The molecule has 2 aliphatic rings. The fourth-order valence-corrected chi connectivity index (χ4v) is 4.70. The number of benzene rings is 1. The lowest BCUT2D eigenvalue weighted by atomic mass is 9.86. The van der Waals surface area contributed by atoms with E-state index in [2.05, 4.69) is 4.98 Å². The van der Waals surface area contributed by atoms with E-state index in [4.69, 9.17) is 9.47 Å². The zero-order valence-electron chi connectivity index (χ0n) is 18.8. The molecule has 1 spiro atoms. The Bertz CT molecular complexity index is 1210. The fourth-order valence-electron chi connectivity index (χ4n) is 4.70. The Hall–Kier alpha value is -3.49. The zero-order chi connectivity index (χ0) is 24.1. The van der Waals surface area contributed by atoms with Crippen molar-refractivity contribution in [1.82, 2.24) is 14.5 Å². The van der Waals surface area contributed by atoms with Crippen LogP contribution in [0.2, 0.25) is 0 Å². The minimum atomic E-state index is -4.50. The number of pyridine rings is 1. The summed E-state index contributed by atoms with van der Waals surface area (Å²) >= 11 is 0. The number of hydrogen-bond donors (Lipinski definition) is 0. The fraction of sp³-hybridized carbons (Fsp3) is 0.360. The van der Waals surface area contributed by atoms with Crippen LogP contribution in [0.25, 0.3) is 5.69 Å². The summed E-state index contributed by atoms with van der Waals surface area (Å²) in [5.74, 6) is 0.757. The Morgan fingerprint density at radius 1 is 1.09 bits per heavy atom. The average Bonchev–Trinajstić information content (AvgIpc) is 3.27. The van der Waals surface area contributed by atoms with Crippen LogP contribution in [-0.4, -0.2) is 39.6 Å². The van der Waals surface area contributed by atoms with E-state index < -0.39 is 17.5 Å². The molecule has 0 aliphatic carbocycles. The molecule has 9 heteroatoms. The maximum Gasteiger partial charge on any atom is 0.431 e. The van der Waals surface area contributed by atoms with E-state index >= 15 is 0 Å². The number of ether oxygens (including phenoxy) is 2. The largest absolute Gasteiger partial charge is 0.489 e. The molecule has 6 nitrogen and oxygen atoms in total. The van der Waals surface area contributed by atoms with Gasteiger partial charge in [-0.05, 0) is 50.2 Å². The van der Waals surface area contributed by atoms with Gasteiger partial charge in [-0.25, -0.2) is 4.98 Å². The highest BCUT2D eigenvalue weighted by Crippen LogP contribution is 2.48. The van der Waals surface area contributed by atoms with Crippen LogP contribution < -0.4 is 9.47 Å². The van der Waals surface area contributed by atoms with Gasteiger partial charge in [0, 0.05) is 25.9 Å². The molecule has 5 rings (SSSR count). The third-order valence-corrected chi connectivity index (χ3v) is 6.24. The molecule has 1 aromatic carbocycles. The van der Waals surface area contributed by atoms with E-state index in [0.29, 0.717) is 54.5 Å².